The zero-order valence-corrected chi connectivity index (χ0v) is 20.3. The predicted molar refractivity (Wildman–Crippen MR) is 138 cm³/mol. The van der Waals surface area contributed by atoms with Crippen molar-refractivity contribution in [1.29, 1.82) is 0 Å². The van der Waals surface area contributed by atoms with Crippen LogP contribution in [-0.4, -0.2) is 31.8 Å². The number of para-hydroxylation sites is 1. The number of amides is 2. The average Bonchev–Trinajstić information content (AvgIpc) is 3.61. The molecule has 3 heterocycles. The number of benzene rings is 2. The highest BCUT2D eigenvalue weighted by atomic mass is 16.3. The fourth-order valence-electron chi connectivity index (χ4n) is 4.22. The Balaban J connectivity index is 1.54. The molecule has 0 spiro atoms. The van der Waals surface area contributed by atoms with Gasteiger partial charge in [0.25, 0.3) is 0 Å². The van der Waals surface area contributed by atoms with Gasteiger partial charge in [-0.1, -0.05) is 36.4 Å². The van der Waals surface area contributed by atoms with Crippen LogP contribution in [0.15, 0.2) is 95.9 Å². The predicted octanol–water partition coefficient (Wildman–Crippen LogP) is 4.07. The SMILES string of the molecule is CCc1ccc(N(C(=O)Cn2nnc3ccccc32)[C@H](C(=O)NCc2ccco2)c2ccncc2)cc1. The molecule has 5 aromatic rings. The van der Waals surface area contributed by atoms with E-state index in [0.29, 0.717) is 22.5 Å². The molecule has 0 aliphatic carbocycles. The van der Waals surface area contributed by atoms with Crippen LogP contribution in [0.5, 0.6) is 0 Å². The normalized spacial score (nSPS) is 11.8. The molecule has 3 aromatic heterocycles. The van der Waals surface area contributed by atoms with E-state index in [4.69, 9.17) is 4.42 Å². The number of carbonyl (C=O) groups excluding carboxylic acids is 2. The summed E-state index contributed by atoms with van der Waals surface area (Å²) in [7, 11) is 0. The van der Waals surface area contributed by atoms with Gasteiger partial charge in [0.15, 0.2) is 0 Å². The first-order chi connectivity index (χ1) is 18.1. The number of carbonyl (C=O) groups is 2. The molecular formula is C28H26N6O3. The van der Waals surface area contributed by atoms with Gasteiger partial charge in [0.1, 0.15) is 23.9 Å². The molecule has 186 valence electrons. The summed E-state index contributed by atoms with van der Waals surface area (Å²) in [6.07, 6.45) is 5.62. The standard InChI is InChI=1S/C28H26N6O3/c1-2-20-9-11-22(12-10-20)34(26(35)19-33-25-8-4-3-7-24(25)31-32-33)27(21-13-15-29-16-14-21)28(36)30-18-23-6-5-17-37-23/h3-17,27H,2,18-19H2,1H3,(H,30,36)/t27-/m0/s1. The van der Waals surface area contributed by atoms with Gasteiger partial charge >= 0.3 is 0 Å². The van der Waals surface area contributed by atoms with E-state index in [1.54, 1.807) is 47.6 Å². The van der Waals surface area contributed by atoms with Crippen LogP contribution < -0.4 is 10.2 Å². The van der Waals surface area contributed by atoms with E-state index in [2.05, 4.69) is 27.5 Å². The number of nitrogens with one attached hydrogen (secondary N) is 1. The second kappa shape index (κ2) is 10.9. The maximum Gasteiger partial charge on any atom is 0.249 e. The molecule has 0 saturated heterocycles. The van der Waals surface area contributed by atoms with Crippen LogP contribution in [0.2, 0.25) is 0 Å². The second-order valence-electron chi connectivity index (χ2n) is 8.50. The molecule has 0 bridgehead atoms. The van der Waals surface area contributed by atoms with E-state index >= 15 is 0 Å². The van der Waals surface area contributed by atoms with Crippen molar-refractivity contribution in [3.05, 3.63) is 108 Å². The Kier molecular flexibility index (Phi) is 7.02. The summed E-state index contributed by atoms with van der Waals surface area (Å²) in [5.74, 6) is -0.0464. The van der Waals surface area contributed by atoms with Crippen molar-refractivity contribution in [1.82, 2.24) is 25.3 Å². The number of anilines is 1. The zero-order valence-electron chi connectivity index (χ0n) is 20.3. The molecule has 2 amide bonds. The van der Waals surface area contributed by atoms with Crippen LogP contribution in [0, 0.1) is 0 Å². The summed E-state index contributed by atoms with van der Waals surface area (Å²) >= 11 is 0. The van der Waals surface area contributed by atoms with Crippen LogP contribution in [-0.2, 0) is 29.1 Å². The molecule has 2 aromatic carbocycles. The number of furan rings is 1. The Morgan fingerprint density at radius 2 is 1.78 bits per heavy atom. The molecule has 37 heavy (non-hydrogen) atoms. The number of pyridine rings is 1. The van der Waals surface area contributed by atoms with E-state index in [1.165, 1.54) is 4.90 Å². The van der Waals surface area contributed by atoms with Gasteiger partial charge in [-0.3, -0.25) is 19.5 Å². The van der Waals surface area contributed by atoms with Gasteiger partial charge in [0.2, 0.25) is 11.8 Å². The molecule has 1 atom stereocenters. The monoisotopic (exact) mass is 494 g/mol. The molecule has 9 nitrogen and oxygen atoms in total. The number of nitrogens with zero attached hydrogens (tertiary/aromatic N) is 5. The maximum absolute atomic E-state index is 14.0. The van der Waals surface area contributed by atoms with E-state index in [9.17, 15) is 9.59 Å². The van der Waals surface area contributed by atoms with Gasteiger partial charge in [-0.2, -0.15) is 0 Å². The minimum absolute atomic E-state index is 0.0942. The van der Waals surface area contributed by atoms with Crippen molar-refractivity contribution in [3.8, 4) is 0 Å². The van der Waals surface area contributed by atoms with Crippen molar-refractivity contribution >= 4 is 28.5 Å². The first kappa shape index (κ1) is 23.9. The smallest absolute Gasteiger partial charge is 0.249 e. The highest BCUT2D eigenvalue weighted by Crippen LogP contribution is 2.29. The van der Waals surface area contributed by atoms with Crippen molar-refractivity contribution in [2.75, 3.05) is 4.90 Å². The van der Waals surface area contributed by atoms with Crippen LogP contribution in [0.3, 0.4) is 0 Å². The number of hydrogen-bond acceptors (Lipinski definition) is 6. The van der Waals surface area contributed by atoms with Crippen molar-refractivity contribution in [2.45, 2.75) is 32.5 Å². The Bertz CT molecular complexity index is 1480. The van der Waals surface area contributed by atoms with Crippen molar-refractivity contribution in [3.63, 3.8) is 0 Å². The van der Waals surface area contributed by atoms with Crippen molar-refractivity contribution in [2.24, 2.45) is 0 Å². The summed E-state index contributed by atoms with van der Waals surface area (Å²) in [5, 5.41) is 11.3. The fourth-order valence-corrected chi connectivity index (χ4v) is 4.22. The van der Waals surface area contributed by atoms with Crippen LogP contribution >= 0.6 is 0 Å². The van der Waals surface area contributed by atoms with Gasteiger partial charge in [-0.05, 0) is 66.1 Å². The first-order valence-electron chi connectivity index (χ1n) is 12.0. The van der Waals surface area contributed by atoms with Crippen LogP contribution in [0.1, 0.15) is 29.9 Å². The first-order valence-corrected chi connectivity index (χ1v) is 12.0. The third-order valence-electron chi connectivity index (χ3n) is 6.14. The molecule has 5 rings (SSSR count). The summed E-state index contributed by atoms with van der Waals surface area (Å²) in [6, 6.07) is 21.2. The largest absolute Gasteiger partial charge is 0.467 e. The third kappa shape index (κ3) is 5.25. The second-order valence-corrected chi connectivity index (χ2v) is 8.50. The summed E-state index contributed by atoms with van der Waals surface area (Å²) < 4.78 is 6.93. The van der Waals surface area contributed by atoms with E-state index < -0.39 is 6.04 Å². The highest BCUT2D eigenvalue weighted by Gasteiger charge is 2.33. The minimum Gasteiger partial charge on any atom is -0.467 e. The molecule has 1 N–H and O–H groups in total. The summed E-state index contributed by atoms with van der Waals surface area (Å²) in [6.45, 7) is 2.16. The van der Waals surface area contributed by atoms with E-state index in [-0.39, 0.29) is 24.9 Å². The molecular weight excluding hydrogens is 468 g/mol. The Morgan fingerprint density at radius 1 is 1.00 bits per heavy atom. The molecule has 0 aliphatic heterocycles. The minimum atomic E-state index is -0.951. The lowest BCUT2D eigenvalue weighted by Gasteiger charge is -2.31. The lowest BCUT2D eigenvalue weighted by Crippen LogP contribution is -2.45. The van der Waals surface area contributed by atoms with E-state index in [1.807, 2.05) is 48.5 Å². The Labute approximate surface area is 213 Å². The zero-order chi connectivity index (χ0) is 25.6. The van der Waals surface area contributed by atoms with Gasteiger partial charge in [0.05, 0.1) is 18.3 Å². The number of rotatable bonds is 9. The highest BCUT2D eigenvalue weighted by molar-refractivity contribution is 6.01. The quantitative estimate of drug-likeness (QED) is 0.331. The molecule has 9 heteroatoms. The van der Waals surface area contributed by atoms with Gasteiger partial charge in [-0.15, -0.1) is 5.10 Å². The number of fused-ring (bicyclic) bond motifs is 1. The van der Waals surface area contributed by atoms with Crippen molar-refractivity contribution < 1.29 is 14.0 Å². The lowest BCUT2D eigenvalue weighted by atomic mass is 10.0. The molecule has 0 unspecified atom stereocenters. The Hall–Kier alpha value is -4.79. The molecule has 0 fully saturated rings. The van der Waals surface area contributed by atoms with Gasteiger partial charge < -0.3 is 9.73 Å². The number of aromatic nitrogens is 4. The lowest BCUT2D eigenvalue weighted by molar-refractivity contribution is -0.127. The van der Waals surface area contributed by atoms with Gasteiger partial charge in [0, 0.05) is 18.1 Å². The van der Waals surface area contributed by atoms with Crippen LogP contribution in [0.25, 0.3) is 11.0 Å². The average molecular weight is 495 g/mol. The molecule has 0 radical (unpaired) electrons. The van der Waals surface area contributed by atoms with E-state index in [0.717, 1.165) is 17.5 Å². The topological polar surface area (TPSA) is 106 Å². The number of aryl methyl sites for hydroxylation is 1. The molecule has 0 saturated carbocycles. The number of hydrogen-bond donors (Lipinski definition) is 1. The maximum atomic E-state index is 14.0. The molecule has 0 aliphatic rings. The van der Waals surface area contributed by atoms with Crippen LogP contribution in [0.4, 0.5) is 5.69 Å². The Morgan fingerprint density at radius 3 is 2.51 bits per heavy atom. The summed E-state index contributed by atoms with van der Waals surface area (Å²) in [4.78, 5) is 33.3. The third-order valence-corrected chi connectivity index (χ3v) is 6.14. The summed E-state index contributed by atoms with van der Waals surface area (Å²) in [5.41, 5.74) is 3.78. The van der Waals surface area contributed by atoms with Gasteiger partial charge in [-0.25, -0.2) is 4.68 Å². The fraction of sp³-hybridized carbons (Fsp3) is 0.179.